The van der Waals surface area contributed by atoms with E-state index in [0.717, 1.165) is 11.1 Å². The van der Waals surface area contributed by atoms with E-state index in [9.17, 15) is 9.59 Å². The predicted octanol–water partition coefficient (Wildman–Crippen LogP) is 4.68. The first-order valence-electron chi connectivity index (χ1n) is 11.2. The molecule has 0 bridgehead atoms. The van der Waals surface area contributed by atoms with E-state index < -0.39 is 0 Å². The molecule has 1 aromatic heterocycles. The fourth-order valence-electron chi connectivity index (χ4n) is 4.16. The topological polar surface area (TPSA) is 74.5 Å². The lowest BCUT2D eigenvalue weighted by atomic mass is 10.0. The Morgan fingerprint density at radius 2 is 1.79 bits per heavy atom. The van der Waals surface area contributed by atoms with Gasteiger partial charge in [0.15, 0.2) is 11.5 Å². The molecule has 0 fully saturated rings. The zero-order valence-electron chi connectivity index (χ0n) is 19.1. The molecule has 1 N–H and O–H groups in total. The summed E-state index contributed by atoms with van der Waals surface area (Å²) in [7, 11) is 0. The Kier molecular flexibility index (Phi) is 5.67. The average Bonchev–Trinajstić information content (AvgIpc) is 3.11. The zero-order valence-corrected chi connectivity index (χ0v) is 19.1. The lowest BCUT2D eigenvalue weighted by Crippen LogP contribution is -2.27. The third kappa shape index (κ3) is 3.96. The second kappa shape index (κ2) is 8.94. The molecule has 0 saturated carbocycles. The summed E-state index contributed by atoms with van der Waals surface area (Å²) in [4.78, 5) is 26.6. The van der Waals surface area contributed by atoms with Crippen molar-refractivity contribution in [2.75, 3.05) is 11.9 Å². The molecule has 4 aromatic rings. The number of aromatic nitrogens is 2. The Bertz CT molecular complexity index is 1400. The van der Waals surface area contributed by atoms with Crippen LogP contribution in [0.15, 0.2) is 77.6 Å². The van der Waals surface area contributed by atoms with Crippen molar-refractivity contribution in [1.82, 2.24) is 9.36 Å². The molecule has 0 spiro atoms. The van der Waals surface area contributed by atoms with Crippen LogP contribution in [0.1, 0.15) is 23.6 Å². The fraction of sp³-hybridized carbons (Fsp3) is 0.185. The van der Waals surface area contributed by atoms with Gasteiger partial charge in [0.05, 0.1) is 17.9 Å². The number of carbonyl (C=O) groups excluding carboxylic acids is 1. The van der Waals surface area contributed by atoms with Crippen molar-refractivity contribution >= 4 is 11.6 Å². The van der Waals surface area contributed by atoms with Gasteiger partial charge in [-0.3, -0.25) is 9.59 Å². The van der Waals surface area contributed by atoms with Gasteiger partial charge in [0.25, 0.3) is 5.56 Å². The van der Waals surface area contributed by atoms with Gasteiger partial charge in [-0.1, -0.05) is 48.0 Å². The monoisotopic (exact) mass is 455 g/mol. The fourth-order valence-corrected chi connectivity index (χ4v) is 4.16. The smallest absolute Gasteiger partial charge is 0.278 e. The molecule has 172 valence electrons. The molecule has 1 aliphatic rings. The highest BCUT2D eigenvalue weighted by atomic mass is 16.5. The van der Waals surface area contributed by atoms with Gasteiger partial charge in [0, 0.05) is 17.7 Å². The van der Waals surface area contributed by atoms with Gasteiger partial charge in [0.1, 0.15) is 6.54 Å². The number of anilines is 1. The van der Waals surface area contributed by atoms with Crippen LogP contribution in [0.3, 0.4) is 0 Å². The summed E-state index contributed by atoms with van der Waals surface area (Å²) < 4.78 is 15.1. The summed E-state index contributed by atoms with van der Waals surface area (Å²) in [5.41, 5.74) is 3.62. The van der Waals surface area contributed by atoms with Crippen molar-refractivity contribution in [3.63, 3.8) is 0 Å². The first-order valence-corrected chi connectivity index (χ1v) is 11.2. The van der Waals surface area contributed by atoms with Crippen LogP contribution >= 0.6 is 0 Å². The van der Waals surface area contributed by atoms with E-state index in [4.69, 9.17) is 9.47 Å². The molecule has 5 rings (SSSR count). The highest BCUT2D eigenvalue weighted by Crippen LogP contribution is 2.42. The predicted molar refractivity (Wildman–Crippen MR) is 130 cm³/mol. The number of hydrogen-bond acceptors (Lipinski definition) is 4. The molecule has 0 saturated heterocycles. The van der Waals surface area contributed by atoms with Gasteiger partial charge >= 0.3 is 0 Å². The minimum atomic E-state index is -0.265. The highest BCUT2D eigenvalue weighted by molar-refractivity contribution is 5.90. The van der Waals surface area contributed by atoms with Gasteiger partial charge in [0.2, 0.25) is 11.8 Å². The highest BCUT2D eigenvalue weighted by Gasteiger charge is 2.30. The van der Waals surface area contributed by atoms with Gasteiger partial charge in [-0.2, -0.15) is 0 Å². The number of amides is 1. The summed E-state index contributed by atoms with van der Waals surface area (Å²) >= 11 is 0. The van der Waals surface area contributed by atoms with Crippen LogP contribution in [0.5, 0.6) is 17.4 Å². The normalized spacial score (nSPS) is 11.8. The Morgan fingerprint density at radius 1 is 1.03 bits per heavy atom. The van der Waals surface area contributed by atoms with E-state index in [1.54, 1.807) is 4.68 Å². The van der Waals surface area contributed by atoms with E-state index in [2.05, 4.69) is 5.32 Å². The zero-order chi connectivity index (χ0) is 23.7. The molecular weight excluding hydrogens is 430 g/mol. The van der Waals surface area contributed by atoms with E-state index in [1.165, 1.54) is 4.68 Å². The number of aryl methyl sites for hydroxylation is 1. The van der Waals surface area contributed by atoms with Crippen LogP contribution in [0, 0.1) is 6.92 Å². The van der Waals surface area contributed by atoms with Crippen LogP contribution in [-0.4, -0.2) is 21.9 Å². The van der Waals surface area contributed by atoms with Crippen molar-refractivity contribution in [1.29, 1.82) is 0 Å². The van der Waals surface area contributed by atoms with E-state index in [-0.39, 0.29) is 18.0 Å². The summed E-state index contributed by atoms with van der Waals surface area (Å²) in [6, 6.07) is 22.5. The number of carbonyl (C=O) groups is 1. The number of nitrogens with one attached hydrogen (secondary N) is 1. The first-order chi connectivity index (χ1) is 16.5. The van der Waals surface area contributed by atoms with Crippen molar-refractivity contribution in [3.05, 3.63) is 99.8 Å². The third-order valence-electron chi connectivity index (χ3n) is 5.74. The molecule has 7 heteroatoms. The molecule has 2 heterocycles. The lowest BCUT2D eigenvalue weighted by molar-refractivity contribution is -0.117. The van der Waals surface area contributed by atoms with Crippen molar-refractivity contribution in [2.45, 2.75) is 26.8 Å². The van der Waals surface area contributed by atoms with Crippen LogP contribution < -0.4 is 20.3 Å². The largest absolute Gasteiger partial charge is 0.490 e. The van der Waals surface area contributed by atoms with Crippen molar-refractivity contribution < 1.29 is 14.3 Å². The molecule has 1 aliphatic heterocycles. The second-order valence-electron chi connectivity index (χ2n) is 8.16. The van der Waals surface area contributed by atoms with E-state index >= 15 is 0 Å². The van der Waals surface area contributed by atoms with Crippen LogP contribution in [0.25, 0.3) is 5.69 Å². The third-order valence-corrected chi connectivity index (χ3v) is 5.74. The number of hydrogen-bond donors (Lipinski definition) is 1. The maximum Gasteiger partial charge on any atom is 0.278 e. The van der Waals surface area contributed by atoms with Crippen molar-refractivity contribution in [3.8, 4) is 23.1 Å². The van der Waals surface area contributed by atoms with Crippen molar-refractivity contribution in [2.24, 2.45) is 0 Å². The Labute approximate surface area is 197 Å². The average molecular weight is 456 g/mol. The van der Waals surface area contributed by atoms with Crippen LogP contribution in [0.4, 0.5) is 5.69 Å². The lowest BCUT2D eigenvalue weighted by Gasteiger charge is -2.21. The molecule has 3 aromatic carbocycles. The maximum absolute atomic E-state index is 13.5. The summed E-state index contributed by atoms with van der Waals surface area (Å²) in [5, 5.41) is 2.91. The summed E-state index contributed by atoms with van der Waals surface area (Å²) in [6.07, 6.45) is 0.393. The summed E-state index contributed by atoms with van der Waals surface area (Å²) in [6.45, 7) is 4.29. The van der Waals surface area contributed by atoms with E-state index in [0.29, 0.717) is 47.3 Å². The Morgan fingerprint density at radius 3 is 2.53 bits per heavy atom. The van der Waals surface area contributed by atoms with Gasteiger partial charge in [-0.15, -0.1) is 0 Å². The quantitative estimate of drug-likeness (QED) is 0.403. The number of fused-ring (bicyclic) bond motifs is 2. The molecule has 7 nitrogen and oxygen atoms in total. The first kappa shape index (κ1) is 21.6. The maximum atomic E-state index is 13.5. The number of benzene rings is 3. The van der Waals surface area contributed by atoms with Crippen LogP contribution in [-0.2, 0) is 17.8 Å². The molecular formula is C27H25N3O4. The van der Waals surface area contributed by atoms with Gasteiger partial charge in [-0.25, -0.2) is 9.36 Å². The van der Waals surface area contributed by atoms with Gasteiger partial charge < -0.3 is 14.8 Å². The number of rotatable bonds is 6. The summed E-state index contributed by atoms with van der Waals surface area (Å²) in [5.74, 6) is 1.28. The van der Waals surface area contributed by atoms with Crippen LogP contribution in [0.2, 0.25) is 0 Å². The number of ether oxygens (including phenoxy) is 2. The Hall–Kier alpha value is -4.26. The molecule has 0 unspecified atom stereocenters. The van der Waals surface area contributed by atoms with E-state index in [1.807, 2.05) is 86.6 Å². The number of para-hydroxylation sites is 2. The molecule has 0 aliphatic carbocycles. The minimum absolute atomic E-state index is 0.0977. The molecule has 0 radical (unpaired) electrons. The SMILES string of the molecule is CCOc1cccc2c1Oc1c(c(=O)n(-c3ccccc3)n1CC(=O)Nc1ccc(C)cc1)C2. The minimum Gasteiger partial charge on any atom is -0.490 e. The second-order valence-corrected chi connectivity index (χ2v) is 8.16. The molecule has 0 atom stereocenters. The Balaban J connectivity index is 1.57. The molecule has 34 heavy (non-hydrogen) atoms. The molecule has 1 amide bonds. The van der Waals surface area contributed by atoms with Gasteiger partial charge in [-0.05, 0) is 44.2 Å². The number of nitrogens with zero attached hydrogens (tertiary/aromatic N) is 2. The standard InChI is InChI=1S/C27H25N3O4/c1-3-33-23-11-7-8-19-16-22-26(32)30(21-9-5-4-6-10-21)29(27(22)34-25(19)23)17-24(31)28-20-14-12-18(2)13-15-20/h4-15H,3,16-17H2,1-2H3,(H,28,31).